The van der Waals surface area contributed by atoms with Crippen LogP contribution in [0.2, 0.25) is 0 Å². The molecular formula is C19H28O11. The molecule has 3 rings (SSSR count). The fourth-order valence-corrected chi connectivity index (χ4v) is 3.41. The summed E-state index contributed by atoms with van der Waals surface area (Å²) in [5.74, 6) is 1.00. The molecule has 2 heterocycles. The van der Waals surface area contributed by atoms with Crippen molar-refractivity contribution in [1.29, 1.82) is 0 Å². The van der Waals surface area contributed by atoms with Crippen LogP contribution >= 0.6 is 0 Å². The quantitative estimate of drug-likeness (QED) is 0.287. The van der Waals surface area contributed by atoms with Gasteiger partial charge in [0.25, 0.3) is 0 Å². The van der Waals surface area contributed by atoms with Gasteiger partial charge in [-0.15, -0.1) is 0 Å². The molecule has 6 N–H and O–H groups in total. The van der Waals surface area contributed by atoms with E-state index in [1.54, 1.807) is 31.2 Å². The predicted octanol–water partition coefficient (Wildman–Crippen LogP) is -2.27. The van der Waals surface area contributed by atoms with E-state index in [0.29, 0.717) is 11.5 Å². The molecule has 11 heteroatoms. The third-order valence-corrected chi connectivity index (χ3v) is 5.23. The zero-order valence-corrected chi connectivity index (χ0v) is 16.5. The lowest BCUT2D eigenvalue weighted by atomic mass is 9.97. The second-order valence-electron chi connectivity index (χ2n) is 7.28. The van der Waals surface area contributed by atoms with Gasteiger partial charge in [-0.3, -0.25) is 0 Å². The number of aliphatic hydroxyl groups is 6. The van der Waals surface area contributed by atoms with Crippen LogP contribution in [-0.2, 0) is 14.2 Å². The van der Waals surface area contributed by atoms with Gasteiger partial charge in [-0.1, -0.05) is 0 Å². The molecule has 0 spiro atoms. The zero-order valence-electron chi connectivity index (χ0n) is 16.5. The Morgan fingerprint density at radius 2 is 1.40 bits per heavy atom. The highest BCUT2D eigenvalue weighted by molar-refractivity contribution is 5.31. The number of aliphatic hydroxyl groups excluding tert-OH is 6. The molecule has 30 heavy (non-hydrogen) atoms. The predicted molar refractivity (Wildman–Crippen MR) is 98.6 cm³/mol. The lowest BCUT2D eigenvalue weighted by Gasteiger charge is -2.45. The van der Waals surface area contributed by atoms with E-state index in [2.05, 4.69) is 0 Å². The van der Waals surface area contributed by atoms with Gasteiger partial charge < -0.3 is 54.3 Å². The minimum Gasteiger partial charge on any atom is -0.497 e. The van der Waals surface area contributed by atoms with Gasteiger partial charge in [-0.25, -0.2) is 0 Å². The lowest BCUT2D eigenvalue weighted by molar-refractivity contribution is -0.348. The van der Waals surface area contributed by atoms with Crippen molar-refractivity contribution in [2.75, 3.05) is 13.7 Å². The minimum absolute atomic E-state index is 0.382. The van der Waals surface area contributed by atoms with Crippen LogP contribution in [0.5, 0.6) is 11.5 Å². The van der Waals surface area contributed by atoms with E-state index in [4.69, 9.17) is 23.7 Å². The Balaban J connectivity index is 1.65. The summed E-state index contributed by atoms with van der Waals surface area (Å²) < 4.78 is 27.1. The number of rotatable bonds is 6. The zero-order chi connectivity index (χ0) is 22.0. The van der Waals surface area contributed by atoms with Crippen molar-refractivity contribution < 1.29 is 54.3 Å². The molecule has 1 aromatic rings. The van der Waals surface area contributed by atoms with Crippen LogP contribution in [0.15, 0.2) is 24.3 Å². The Morgan fingerprint density at radius 1 is 0.800 bits per heavy atom. The highest BCUT2D eigenvalue weighted by Crippen LogP contribution is 2.30. The summed E-state index contributed by atoms with van der Waals surface area (Å²) >= 11 is 0. The highest BCUT2D eigenvalue weighted by Gasteiger charge is 2.50. The largest absolute Gasteiger partial charge is 0.497 e. The molecule has 10 atom stereocenters. The maximum atomic E-state index is 10.5. The molecule has 0 radical (unpaired) electrons. The van der Waals surface area contributed by atoms with Gasteiger partial charge >= 0.3 is 0 Å². The van der Waals surface area contributed by atoms with Crippen molar-refractivity contribution in [2.24, 2.45) is 0 Å². The van der Waals surface area contributed by atoms with Crippen LogP contribution in [-0.4, -0.2) is 106 Å². The maximum absolute atomic E-state index is 10.5. The number of benzene rings is 1. The summed E-state index contributed by atoms with van der Waals surface area (Å²) in [5, 5.41) is 60.1. The fraction of sp³-hybridized carbons (Fsp3) is 0.684. The Kier molecular flexibility index (Phi) is 7.50. The number of ether oxygens (including phenoxy) is 5. The summed E-state index contributed by atoms with van der Waals surface area (Å²) in [6.07, 6.45) is -13.6. The number of methoxy groups -OCH3 is 1. The third kappa shape index (κ3) is 4.69. The van der Waals surface area contributed by atoms with E-state index in [9.17, 15) is 30.6 Å². The first-order valence-electron chi connectivity index (χ1n) is 9.55. The van der Waals surface area contributed by atoms with Gasteiger partial charge in [0, 0.05) is 0 Å². The van der Waals surface area contributed by atoms with Crippen molar-refractivity contribution >= 4 is 0 Å². The molecule has 11 nitrogen and oxygen atoms in total. The monoisotopic (exact) mass is 432 g/mol. The first kappa shape index (κ1) is 23.1. The molecular weight excluding hydrogens is 404 g/mol. The molecule has 2 aliphatic heterocycles. The normalized spacial score (nSPS) is 42.0. The van der Waals surface area contributed by atoms with Crippen LogP contribution in [0, 0.1) is 0 Å². The second-order valence-corrected chi connectivity index (χ2v) is 7.28. The van der Waals surface area contributed by atoms with Crippen molar-refractivity contribution in [3.05, 3.63) is 24.3 Å². The minimum atomic E-state index is -1.65. The van der Waals surface area contributed by atoms with Crippen molar-refractivity contribution in [3.63, 3.8) is 0 Å². The Hall–Kier alpha value is -1.54. The fourth-order valence-electron chi connectivity index (χ4n) is 3.41. The molecule has 0 aliphatic carbocycles. The Morgan fingerprint density at radius 3 is 2.00 bits per heavy atom. The van der Waals surface area contributed by atoms with Crippen LogP contribution in [0.25, 0.3) is 0 Å². The van der Waals surface area contributed by atoms with Crippen LogP contribution < -0.4 is 9.47 Å². The Labute approximate surface area is 172 Å². The topological polar surface area (TPSA) is 168 Å². The molecule has 2 saturated heterocycles. The lowest BCUT2D eigenvalue weighted by Crippen LogP contribution is -2.64. The average Bonchev–Trinajstić information content (AvgIpc) is 2.75. The second kappa shape index (κ2) is 9.73. The van der Waals surface area contributed by atoms with E-state index in [1.165, 1.54) is 7.11 Å². The van der Waals surface area contributed by atoms with E-state index >= 15 is 0 Å². The van der Waals surface area contributed by atoms with Crippen molar-refractivity contribution in [1.82, 2.24) is 0 Å². The smallest absolute Gasteiger partial charge is 0.229 e. The Bertz CT molecular complexity index is 669. The summed E-state index contributed by atoms with van der Waals surface area (Å²) in [6.45, 7) is 0.943. The third-order valence-electron chi connectivity index (χ3n) is 5.23. The average molecular weight is 432 g/mol. The van der Waals surface area contributed by atoms with Gasteiger partial charge in [-0.05, 0) is 31.2 Å². The number of hydrogen-bond donors (Lipinski definition) is 6. The van der Waals surface area contributed by atoms with E-state index in [0.717, 1.165) is 0 Å². The molecule has 1 aromatic carbocycles. The van der Waals surface area contributed by atoms with Crippen molar-refractivity contribution in [2.45, 2.75) is 68.3 Å². The maximum Gasteiger partial charge on any atom is 0.229 e. The molecule has 0 amide bonds. The molecule has 2 aliphatic rings. The SMILES string of the molecule is COc1ccc(O[C@@H]2O[C@@H](C)[C@H](O[C@@H]3O[C@H](CO)[C@@H](O)[C@H](O)[C@H]3O)[C@@H](O)[C@H]2O)cc1. The standard InChI is InChI=1S/C19H28O11/c1-8-17(30-19-15(24)13(22)12(21)11(7-20)29-19)14(23)16(25)18(27-8)28-10-5-3-9(26-2)4-6-10/h3-6,8,11-25H,7H2,1-2H3/t8-,11+,12+,13-,14-,15+,16+,17-,18-,19-/m0/s1. The van der Waals surface area contributed by atoms with E-state index in [1.807, 2.05) is 0 Å². The summed E-state index contributed by atoms with van der Waals surface area (Å²) in [6, 6.07) is 6.55. The molecule has 0 unspecified atom stereocenters. The summed E-state index contributed by atoms with van der Waals surface area (Å²) in [7, 11) is 1.53. The van der Waals surface area contributed by atoms with Gasteiger partial charge in [0.2, 0.25) is 6.29 Å². The summed E-state index contributed by atoms with van der Waals surface area (Å²) in [5.41, 5.74) is 0. The van der Waals surface area contributed by atoms with Gasteiger partial charge in [0.05, 0.1) is 19.8 Å². The van der Waals surface area contributed by atoms with Gasteiger partial charge in [0.1, 0.15) is 54.2 Å². The van der Waals surface area contributed by atoms with E-state index in [-0.39, 0.29) is 0 Å². The summed E-state index contributed by atoms with van der Waals surface area (Å²) in [4.78, 5) is 0. The molecule has 0 bridgehead atoms. The van der Waals surface area contributed by atoms with E-state index < -0.39 is 68.0 Å². The van der Waals surface area contributed by atoms with Crippen LogP contribution in [0.1, 0.15) is 6.92 Å². The highest BCUT2D eigenvalue weighted by atomic mass is 16.7. The van der Waals surface area contributed by atoms with Gasteiger partial charge in [-0.2, -0.15) is 0 Å². The first-order valence-corrected chi connectivity index (χ1v) is 9.55. The molecule has 170 valence electrons. The molecule has 2 fully saturated rings. The first-order chi connectivity index (χ1) is 14.3. The molecule has 0 saturated carbocycles. The van der Waals surface area contributed by atoms with Crippen LogP contribution in [0.3, 0.4) is 0 Å². The van der Waals surface area contributed by atoms with Crippen LogP contribution in [0.4, 0.5) is 0 Å². The van der Waals surface area contributed by atoms with Crippen molar-refractivity contribution in [3.8, 4) is 11.5 Å². The molecule has 0 aromatic heterocycles. The van der Waals surface area contributed by atoms with Gasteiger partial charge in [0.15, 0.2) is 6.29 Å². The number of hydrogen-bond acceptors (Lipinski definition) is 11.